The highest BCUT2D eigenvalue weighted by molar-refractivity contribution is 5.57. The minimum atomic E-state index is 0.560. The van der Waals surface area contributed by atoms with Gasteiger partial charge in [-0.25, -0.2) is 0 Å². The highest BCUT2D eigenvalue weighted by atomic mass is 15.4. The molecule has 20 heavy (non-hydrogen) atoms. The highest BCUT2D eigenvalue weighted by Gasteiger charge is 2.21. The van der Waals surface area contributed by atoms with Crippen LogP contribution in [0.3, 0.4) is 0 Å². The summed E-state index contributed by atoms with van der Waals surface area (Å²) in [4.78, 5) is 6.87. The van der Waals surface area contributed by atoms with Crippen molar-refractivity contribution in [3.8, 4) is 11.4 Å². The third-order valence-electron chi connectivity index (χ3n) is 3.90. The van der Waals surface area contributed by atoms with E-state index >= 15 is 0 Å². The number of aryl methyl sites for hydroxylation is 1. The van der Waals surface area contributed by atoms with Crippen LogP contribution in [0.25, 0.3) is 11.4 Å². The molecular formula is C15H21N5. The maximum atomic E-state index is 5.78. The van der Waals surface area contributed by atoms with E-state index in [0.717, 1.165) is 43.4 Å². The molecule has 0 bridgehead atoms. The Balaban J connectivity index is 1.80. The van der Waals surface area contributed by atoms with Gasteiger partial charge in [0.15, 0.2) is 5.82 Å². The molecule has 1 atom stereocenters. The lowest BCUT2D eigenvalue weighted by Gasteiger charge is -2.31. The molecule has 0 amide bonds. The van der Waals surface area contributed by atoms with E-state index in [9.17, 15) is 0 Å². The molecule has 0 radical (unpaired) electrons. The van der Waals surface area contributed by atoms with E-state index < -0.39 is 0 Å². The number of nitrogens with two attached hydrogens (primary N) is 1. The van der Waals surface area contributed by atoms with Crippen molar-refractivity contribution >= 4 is 5.95 Å². The molecule has 0 saturated carbocycles. The van der Waals surface area contributed by atoms with E-state index in [1.54, 1.807) is 0 Å². The number of aromatic nitrogens is 3. The fourth-order valence-corrected chi connectivity index (χ4v) is 2.75. The predicted molar refractivity (Wildman–Crippen MR) is 80.5 cm³/mol. The van der Waals surface area contributed by atoms with Crippen LogP contribution in [0.4, 0.5) is 5.95 Å². The van der Waals surface area contributed by atoms with Crippen LogP contribution < -0.4 is 10.6 Å². The van der Waals surface area contributed by atoms with E-state index in [4.69, 9.17) is 5.73 Å². The Bertz CT molecular complexity index is 577. The van der Waals surface area contributed by atoms with Crippen molar-refractivity contribution in [1.29, 1.82) is 0 Å². The average Bonchev–Trinajstić information content (AvgIpc) is 2.97. The molecule has 1 aromatic carbocycles. The Kier molecular flexibility index (Phi) is 3.69. The molecule has 5 heteroatoms. The van der Waals surface area contributed by atoms with Crippen molar-refractivity contribution in [2.45, 2.75) is 19.8 Å². The van der Waals surface area contributed by atoms with E-state index in [0.29, 0.717) is 5.92 Å². The van der Waals surface area contributed by atoms with Crippen LogP contribution in [0.15, 0.2) is 24.3 Å². The van der Waals surface area contributed by atoms with Crippen molar-refractivity contribution < 1.29 is 0 Å². The Hall–Kier alpha value is -1.88. The molecule has 1 aliphatic heterocycles. The first-order chi connectivity index (χ1) is 9.76. The fourth-order valence-electron chi connectivity index (χ4n) is 2.75. The van der Waals surface area contributed by atoms with Gasteiger partial charge in [-0.3, -0.25) is 5.10 Å². The Morgan fingerprint density at radius 1 is 1.45 bits per heavy atom. The zero-order chi connectivity index (χ0) is 13.9. The van der Waals surface area contributed by atoms with E-state index in [2.05, 4.69) is 45.2 Å². The van der Waals surface area contributed by atoms with Crippen molar-refractivity contribution in [3.05, 3.63) is 29.8 Å². The van der Waals surface area contributed by atoms with Gasteiger partial charge < -0.3 is 10.6 Å². The monoisotopic (exact) mass is 271 g/mol. The standard InChI is InChI=1S/C15H21N5/c1-11-4-2-6-13(8-11)14-17-15(19-18-14)20-7-3-5-12(9-16)10-20/h2,4,6,8,12H,3,5,7,9-10,16H2,1H3,(H,17,18,19). The van der Waals surface area contributed by atoms with Crippen LogP contribution in [0.5, 0.6) is 0 Å². The Morgan fingerprint density at radius 2 is 2.35 bits per heavy atom. The van der Waals surface area contributed by atoms with Gasteiger partial charge in [0, 0.05) is 18.7 Å². The molecule has 1 aromatic heterocycles. The second-order valence-electron chi connectivity index (χ2n) is 5.54. The number of anilines is 1. The molecule has 0 aliphatic carbocycles. The minimum Gasteiger partial charge on any atom is -0.339 e. The lowest BCUT2D eigenvalue weighted by atomic mass is 9.99. The number of hydrogen-bond donors (Lipinski definition) is 2. The summed E-state index contributed by atoms with van der Waals surface area (Å²) in [5, 5.41) is 7.41. The summed E-state index contributed by atoms with van der Waals surface area (Å²) in [5.74, 6) is 2.18. The summed E-state index contributed by atoms with van der Waals surface area (Å²) >= 11 is 0. The minimum absolute atomic E-state index is 0.560. The number of nitrogens with one attached hydrogen (secondary N) is 1. The van der Waals surface area contributed by atoms with Gasteiger partial charge in [0.25, 0.3) is 0 Å². The molecule has 0 spiro atoms. The van der Waals surface area contributed by atoms with Crippen LogP contribution in [-0.4, -0.2) is 34.8 Å². The third-order valence-corrected chi connectivity index (χ3v) is 3.90. The van der Waals surface area contributed by atoms with Gasteiger partial charge in [0.1, 0.15) is 0 Å². The third kappa shape index (κ3) is 2.67. The lowest BCUT2D eigenvalue weighted by Crippen LogP contribution is -2.38. The average molecular weight is 271 g/mol. The maximum absolute atomic E-state index is 5.78. The highest BCUT2D eigenvalue weighted by Crippen LogP contribution is 2.22. The van der Waals surface area contributed by atoms with E-state index in [1.165, 1.54) is 12.0 Å². The summed E-state index contributed by atoms with van der Waals surface area (Å²) in [7, 11) is 0. The van der Waals surface area contributed by atoms with E-state index in [1.807, 2.05) is 6.07 Å². The molecule has 1 aliphatic rings. The lowest BCUT2D eigenvalue weighted by molar-refractivity contribution is 0.420. The SMILES string of the molecule is Cc1cccc(-c2nc(N3CCCC(CN)C3)n[nH]2)c1. The van der Waals surface area contributed by atoms with Crippen LogP contribution in [-0.2, 0) is 0 Å². The quantitative estimate of drug-likeness (QED) is 0.895. The predicted octanol–water partition coefficient (Wildman–Crippen LogP) is 1.96. The zero-order valence-corrected chi connectivity index (χ0v) is 11.8. The summed E-state index contributed by atoms with van der Waals surface area (Å²) in [6, 6.07) is 8.29. The van der Waals surface area contributed by atoms with Crippen LogP contribution in [0.1, 0.15) is 18.4 Å². The molecular weight excluding hydrogens is 250 g/mol. The van der Waals surface area contributed by atoms with Crippen LogP contribution in [0.2, 0.25) is 0 Å². The number of H-pyrrole nitrogens is 1. The van der Waals surface area contributed by atoms with Crippen LogP contribution in [0, 0.1) is 12.8 Å². The summed E-state index contributed by atoms with van der Waals surface area (Å²) in [6.07, 6.45) is 2.37. The molecule has 3 rings (SSSR count). The van der Waals surface area contributed by atoms with Gasteiger partial charge in [0.2, 0.25) is 5.95 Å². The molecule has 1 unspecified atom stereocenters. The fraction of sp³-hybridized carbons (Fsp3) is 0.467. The second-order valence-corrected chi connectivity index (χ2v) is 5.54. The van der Waals surface area contributed by atoms with Crippen LogP contribution >= 0.6 is 0 Å². The first-order valence-corrected chi connectivity index (χ1v) is 7.20. The van der Waals surface area contributed by atoms with Crippen molar-refractivity contribution in [1.82, 2.24) is 15.2 Å². The maximum Gasteiger partial charge on any atom is 0.245 e. The molecule has 1 fully saturated rings. The zero-order valence-electron chi connectivity index (χ0n) is 11.8. The van der Waals surface area contributed by atoms with Gasteiger partial charge >= 0.3 is 0 Å². The van der Waals surface area contributed by atoms with Crippen molar-refractivity contribution in [2.75, 3.05) is 24.5 Å². The number of rotatable bonds is 3. The topological polar surface area (TPSA) is 70.8 Å². The molecule has 3 N–H and O–H groups in total. The van der Waals surface area contributed by atoms with Gasteiger partial charge in [-0.15, -0.1) is 5.10 Å². The Morgan fingerprint density at radius 3 is 3.15 bits per heavy atom. The molecule has 5 nitrogen and oxygen atoms in total. The van der Waals surface area contributed by atoms with Gasteiger partial charge in [-0.1, -0.05) is 23.8 Å². The smallest absolute Gasteiger partial charge is 0.245 e. The number of benzene rings is 1. The molecule has 2 heterocycles. The first kappa shape index (κ1) is 13.1. The first-order valence-electron chi connectivity index (χ1n) is 7.20. The number of nitrogens with zero attached hydrogens (tertiary/aromatic N) is 3. The summed E-state index contributed by atoms with van der Waals surface area (Å²) in [5.41, 5.74) is 8.08. The van der Waals surface area contributed by atoms with Gasteiger partial charge in [0.05, 0.1) is 0 Å². The number of aromatic amines is 1. The van der Waals surface area contributed by atoms with Crippen molar-refractivity contribution in [3.63, 3.8) is 0 Å². The van der Waals surface area contributed by atoms with Gasteiger partial charge in [-0.2, -0.15) is 4.98 Å². The molecule has 2 aromatic rings. The number of piperidine rings is 1. The Labute approximate surface area is 119 Å². The van der Waals surface area contributed by atoms with E-state index in [-0.39, 0.29) is 0 Å². The normalized spacial score (nSPS) is 19.3. The second kappa shape index (κ2) is 5.63. The molecule has 106 valence electrons. The summed E-state index contributed by atoms with van der Waals surface area (Å²) in [6.45, 7) is 4.80. The largest absolute Gasteiger partial charge is 0.339 e. The van der Waals surface area contributed by atoms with Crippen molar-refractivity contribution in [2.24, 2.45) is 11.7 Å². The summed E-state index contributed by atoms with van der Waals surface area (Å²) < 4.78 is 0. The van der Waals surface area contributed by atoms with Gasteiger partial charge in [-0.05, 0) is 38.3 Å². The number of hydrogen-bond acceptors (Lipinski definition) is 4. The molecule has 1 saturated heterocycles.